The Labute approximate surface area is 150 Å². The second-order valence-corrected chi connectivity index (χ2v) is 7.44. The summed E-state index contributed by atoms with van der Waals surface area (Å²) < 4.78 is 5.47. The van der Waals surface area contributed by atoms with E-state index < -0.39 is 5.63 Å². The molecule has 0 unspecified atom stereocenters. The predicted molar refractivity (Wildman–Crippen MR) is 103 cm³/mol. The molecule has 1 aromatic heterocycles. The Kier molecular flexibility index (Phi) is 4.21. The third kappa shape index (κ3) is 3.20. The number of hydrogen-bond acceptors (Lipinski definition) is 4. The van der Waals surface area contributed by atoms with Crippen molar-refractivity contribution in [2.45, 2.75) is 26.3 Å². The van der Waals surface area contributed by atoms with Crippen LogP contribution in [-0.2, 0) is 4.79 Å². The zero-order valence-electron chi connectivity index (χ0n) is 14.5. The first-order chi connectivity index (χ1) is 11.7. The molecule has 0 aliphatic carbocycles. The molecule has 25 heavy (non-hydrogen) atoms. The lowest BCUT2D eigenvalue weighted by Crippen LogP contribution is -2.28. The van der Waals surface area contributed by atoms with Gasteiger partial charge in [0.15, 0.2) is 0 Å². The number of nitrogens with one attached hydrogen (secondary N) is 1. The number of rotatable bonds is 3. The van der Waals surface area contributed by atoms with Gasteiger partial charge in [0.1, 0.15) is 5.58 Å². The molecule has 130 valence electrons. The van der Waals surface area contributed by atoms with E-state index in [-0.39, 0.29) is 5.54 Å². The summed E-state index contributed by atoms with van der Waals surface area (Å²) >= 11 is 6.11. The van der Waals surface area contributed by atoms with E-state index in [0.29, 0.717) is 39.2 Å². The SMILES string of the molecule is CN(C=O)c1c(NC(C)(C)C)ccc2c1c(=O)oc1ccc(Cl)cc12. The predicted octanol–water partition coefficient (Wildman–Crippen LogP) is 4.40. The van der Waals surface area contributed by atoms with Gasteiger partial charge in [-0.2, -0.15) is 0 Å². The minimum absolute atomic E-state index is 0.244. The van der Waals surface area contributed by atoms with Gasteiger partial charge < -0.3 is 14.6 Å². The van der Waals surface area contributed by atoms with Gasteiger partial charge in [0.05, 0.1) is 16.8 Å². The first-order valence-corrected chi connectivity index (χ1v) is 8.24. The molecule has 3 aromatic rings. The van der Waals surface area contributed by atoms with Crippen LogP contribution in [0.4, 0.5) is 11.4 Å². The molecule has 0 aliphatic rings. The van der Waals surface area contributed by atoms with Crippen LogP contribution in [0.15, 0.2) is 39.5 Å². The fourth-order valence-corrected chi connectivity index (χ4v) is 3.07. The number of hydrogen-bond donors (Lipinski definition) is 1. The van der Waals surface area contributed by atoms with Gasteiger partial charge in [-0.3, -0.25) is 4.79 Å². The van der Waals surface area contributed by atoms with Crippen molar-refractivity contribution < 1.29 is 9.21 Å². The maximum atomic E-state index is 12.7. The van der Waals surface area contributed by atoms with Crippen molar-refractivity contribution >= 4 is 51.1 Å². The molecule has 0 fully saturated rings. The normalized spacial score (nSPS) is 11.7. The Balaban J connectivity index is 2.46. The highest BCUT2D eigenvalue weighted by Crippen LogP contribution is 2.36. The summed E-state index contributed by atoms with van der Waals surface area (Å²) in [5.74, 6) is 0. The van der Waals surface area contributed by atoms with E-state index in [0.717, 1.165) is 5.39 Å². The topological polar surface area (TPSA) is 62.6 Å². The van der Waals surface area contributed by atoms with Crippen molar-refractivity contribution in [3.63, 3.8) is 0 Å². The number of nitrogens with zero attached hydrogens (tertiary/aromatic N) is 1. The number of carbonyl (C=O) groups excluding carboxylic acids is 1. The lowest BCUT2D eigenvalue weighted by atomic mass is 10.0. The fraction of sp³-hybridized carbons (Fsp3) is 0.263. The molecule has 6 heteroatoms. The molecule has 5 nitrogen and oxygen atoms in total. The molecule has 3 rings (SSSR count). The van der Waals surface area contributed by atoms with E-state index >= 15 is 0 Å². The van der Waals surface area contributed by atoms with E-state index in [1.165, 1.54) is 4.90 Å². The van der Waals surface area contributed by atoms with Crippen molar-refractivity contribution in [3.05, 3.63) is 45.8 Å². The molecule has 1 amide bonds. The first kappa shape index (κ1) is 17.3. The van der Waals surface area contributed by atoms with Crippen molar-refractivity contribution in [2.75, 3.05) is 17.3 Å². The summed E-state index contributed by atoms with van der Waals surface area (Å²) in [5, 5.41) is 5.65. The van der Waals surface area contributed by atoms with Crippen LogP contribution in [0.3, 0.4) is 0 Å². The quantitative estimate of drug-likeness (QED) is 0.428. The lowest BCUT2D eigenvalue weighted by Gasteiger charge is -2.26. The summed E-state index contributed by atoms with van der Waals surface area (Å²) in [5.41, 5.74) is 0.887. The molecule has 0 saturated carbocycles. The van der Waals surface area contributed by atoms with E-state index in [9.17, 15) is 9.59 Å². The zero-order valence-corrected chi connectivity index (χ0v) is 15.3. The Morgan fingerprint density at radius 1 is 1.16 bits per heavy atom. The third-order valence-corrected chi connectivity index (χ3v) is 4.07. The number of fused-ring (bicyclic) bond motifs is 3. The molecule has 0 aliphatic heterocycles. The third-order valence-electron chi connectivity index (χ3n) is 3.84. The van der Waals surface area contributed by atoms with E-state index in [1.807, 2.05) is 32.9 Å². The van der Waals surface area contributed by atoms with Crippen LogP contribution in [0.2, 0.25) is 5.02 Å². The van der Waals surface area contributed by atoms with Gasteiger partial charge in [-0.15, -0.1) is 0 Å². The van der Waals surface area contributed by atoms with Gasteiger partial charge >= 0.3 is 5.63 Å². The highest BCUT2D eigenvalue weighted by molar-refractivity contribution is 6.31. The minimum Gasteiger partial charge on any atom is -0.422 e. The Hall–Kier alpha value is -2.53. The number of anilines is 2. The van der Waals surface area contributed by atoms with E-state index in [2.05, 4.69) is 5.32 Å². The first-order valence-electron chi connectivity index (χ1n) is 7.86. The molecule has 1 N–H and O–H groups in total. The number of amides is 1. The standard InChI is InChI=1S/C19H19ClN2O3/c1-19(2,3)21-14-7-6-12-13-9-11(20)5-8-15(13)25-18(24)16(12)17(14)22(4)10-23/h5-10,21H,1-4H3. The summed E-state index contributed by atoms with van der Waals surface area (Å²) in [4.78, 5) is 25.5. The minimum atomic E-state index is -0.494. The molecule has 0 spiro atoms. The van der Waals surface area contributed by atoms with Crippen molar-refractivity contribution in [2.24, 2.45) is 0 Å². The maximum absolute atomic E-state index is 12.7. The van der Waals surface area contributed by atoms with Crippen LogP contribution in [0.25, 0.3) is 21.7 Å². The summed E-state index contributed by atoms with van der Waals surface area (Å²) in [6.07, 6.45) is 0.671. The molecule has 2 aromatic carbocycles. The molecule has 0 atom stereocenters. The van der Waals surface area contributed by atoms with Gasteiger partial charge in [0.25, 0.3) is 0 Å². The van der Waals surface area contributed by atoms with Crippen LogP contribution in [0.1, 0.15) is 20.8 Å². The molecular formula is C19H19ClN2O3. The van der Waals surface area contributed by atoms with E-state index in [1.54, 1.807) is 25.2 Å². The zero-order chi connectivity index (χ0) is 18.4. The average molecular weight is 359 g/mol. The average Bonchev–Trinajstić information content (AvgIpc) is 2.53. The van der Waals surface area contributed by atoms with Crippen LogP contribution in [0.5, 0.6) is 0 Å². The van der Waals surface area contributed by atoms with E-state index in [4.69, 9.17) is 16.0 Å². The van der Waals surface area contributed by atoms with Crippen molar-refractivity contribution in [3.8, 4) is 0 Å². The van der Waals surface area contributed by atoms with Gasteiger partial charge in [0.2, 0.25) is 6.41 Å². The fourth-order valence-electron chi connectivity index (χ4n) is 2.90. The summed E-state index contributed by atoms with van der Waals surface area (Å²) in [7, 11) is 1.61. The van der Waals surface area contributed by atoms with Gasteiger partial charge in [-0.25, -0.2) is 4.79 Å². The molecule has 0 radical (unpaired) electrons. The number of benzene rings is 2. The van der Waals surface area contributed by atoms with Gasteiger partial charge in [0, 0.05) is 28.4 Å². The lowest BCUT2D eigenvalue weighted by molar-refractivity contribution is -0.107. The van der Waals surface area contributed by atoms with Crippen molar-refractivity contribution in [1.29, 1.82) is 0 Å². The second-order valence-electron chi connectivity index (χ2n) is 7.01. The van der Waals surface area contributed by atoms with Crippen LogP contribution < -0.4 is 15.8 Å². The van der Waals surface area contributed by atoms with Crippen LogP contribution in [0, 0.1) is 0 Å². The molecule has 0 bridgehead atoms. The Morgan fingerprint density at radius 2 is 1.88 bits per heavy atom. The molecule has 0 saturated heterocycles. The van der Waals surface area contributed by atoms with Crippen molar-refractivity contribution in [1.82, 2.24) is 0 Å². The van der Waals surface area contributed by atoms with Crippen LogP contribution >= 0.6 is 11.6 Å². The van der Waals surface area contributed by atoms with Crippen LogP contribution in [-0.4, -0.2) is 19.0 Å². The summed E-state index contributed by atoms with van der Waals surface area (Å²) in [6.45, 7) is 6.01. The second kappa shape index (κ2) is 6.08. The smallest absolute Gasteiger partial charge is 0.346 e. The van der Waals surface area contributed by atoms with Gasteiger partial charge in [-0.05, 0) is 45.0 Å². The highest BCUT2D eigenvalue weighted by Gasteiger charge is 2.20. The number of halogens is 1. The highest BCUT2D eigenvalue weighted by atomic mass is 35.5. The molecule has 1 heterocycles. The largest absolute Gasteiger partial charge is 0.422 e. The maximum Gasteiger partial charge on any atom is 0.346 e. The monoisotopic (exact) mass is 358 g/mol. The molecular weight excluding hydrogens is 340 g/mol. The Morgan fingerprint density at radius 3 is 2.52 bits per heavy atom. The van der Waals surface area contributed by atoms with Gasteiger partial charge in [-0.1, -0.05) is 17.7 Å². The number of carbonyl (C=O) groups is 1. The summed E-state index contributed by atoms with van der Waals surface area (Å²) in [6, 6.07) is 8.81. The Bertz CT molecular complexity index is 1030.